The van der Waals surface area contributed by atoms with Gasteiger partial charge in [-0.05, 0) is 32.6 Å². The van der Waals surface area contributed by atoms with Crippen LogP contribution >= 0.6 is 0 Å². The predicted octanol–water partition coefficient (Wildman–Crippen LogP) is 1.42. The van der Waals surface area contributed by atoms with Gasteiger partial charge in [-0.15, -0.1) is 0 Å². The van der Waals surface area contributed by atoms with Crippen molar-refractivity contribution in [2.75, 3.05) is 6.61 Å². The van der Waals surface area contributed by atoms with Gasteiger partial charge < -0.3 is 9.30 Å². The third-order valence-corrected chi connectivity index (χ3v) is 4.22. The molecular formula is C16H26N4O3. The van der Waals surface area contributed by atoms with Gasteiger partial charge in [0.15, 0.2) is 11.2 Å². The van der Waals surface area contributed by atoms with E-state index in [1.807, 2.05) is 6.92 Å². The molecule has 0 N–H and O–H groups in total. The molecule has 0 amide bonds. The number of aryl methyl sites for hydroxylation is 2. The zero-order valence-electron chi connectivity index (χ0n) is 14.4. The van der Waals surface area contributed by atoms with Crippen LogP contribution in [0.4, 0.5) is 0 Å². The summed E-state index contributed by atoms with van der Waals surface area (Å²) in [6, 6.07) is 0. The summed E-state index contributed by atoms with van der Waals surface area (Å²) in [6.45, 7) is 5.25. The number of hydrogen-bond donors (Lipinski definition) is 0. The fourth-order valence-electron chi connectivity index (χ4n) is 2.88. The lowest BCUT2D eigenvalue weighted by molar-refractivity contribution is 0.0522. The number of imidazole rings is 1. The predicted molar refractivity (Wildman–Crippen MR) is 89.8 cm³/mol. The van der Waals surface area contributed by atoms with E-state index in [4.69, 9.17) is 4.74 Å². The summed E-state index contributed by atoms with van der Waals surface area (Å²) in [6.07, 6.45) is 5.46. The minimum Gasteiger partial charge on any atom is -0.379 e. The molecule has 2 rings (SSSR count). The Balaban J connectivity index is 2.13. The van der Waals surface area contributed by atoms with Gasteiger partial charge in [0.1, 0.15) is 0 Å². The third kappa shape index (κ3) is 3.55. The number of hydrogen-bond acceptors (Lipinski definition) is 4. The van der Waals surface area contributed by atoms with Gasteiger partial charge >= 0.3 is 5.69 Å². The summed E-state index contributed by atoms with van der Waals surface area (Å²) >= 11 is 0. The third-order valence-electron chi connectivity index (χ3n) is 4.22. The molecular weight excluding hydrogens is 296 g/mol. The average Bonchev–Trinajstić information content (AvgIpc) is 2.93. The number of fused-ring (bicyclic) bond motifs is 1. The van der Waals surface area contributed by atoms with Gasteiger partial charge in [-0.1, -0.05) is 6.92 Å². The van der Waals surface area contributed by atoms with Crippen molar-refractivity contribution in [1.82, 2.24) is 18.7 Å². The molecule has 0 radical (unpaired) electrons. The van der Waals surface area contributed by atoms with E-state index >= 15 is 0 Å². The Morgan fingerprint density at radius 2 is 1.96 bits per heavy atom. The van der Waals surface area contributed by atoms with Gasteiger partial charge in [0.05, 0.1) is 12.4 Å². The van der Waals surface area contributed by atoms with Crippen LogP contribution in [-0.2, 0) is 25.4 Å². The second kappa shape index (κ2) is 7.59. The van der Waals surface area contributed by atoms with Crippen molar-refractivity contribution in [3.05, 3.63) is 27.2 Å². The van der Waals surface area contributed by atoms with E-state index in [9.17, 15) is 9.59 Å². The Kier molecular flexibility index (Phi) is 5.76. The number of ether oxygens (including phenoxy) is 1. The van der Waals surface area contributed by atoms with E-state index in [1.54, 1.807) is 25.0 Å². The molecule has 23 heavy (non-hydrogen) atoms. The van der Waals surface area contributed by atoms with Gasteiger partial charge in [-0.2, -0.15) is 0 Å². The first-order chi connectivity index (χ1) is 11.0. The smallest absolute Gasteiger partial charge is 0.332 e. The molecule has 2 heterocycles. The van der Waals surface area contributed by atoms with Crippen molar-refractivity contribution < 1.29 is 4.74 Å². The highest BCUT2D eigenvalue weighted by Gasteiger charge is 2.14. The maximum atomic E-state index is 12.5. The van der Waals surface area contributed by atoms with Gasteiger partial charge in [0.2, 0.25) is 0 Å². The van der Waals surface area contributed by atoms with Crippen LogP contribution in [0.5, 0.6) is 0 Å². The van der Waals surface area contributed by atoms with Crippen LogP contribution in [0.3, 0.4) is 0 Å². The first kappa shape index (κ1) is 17.5. The molecule has 0 aromatic carbocycles. The van der Waals surface area contributed by atoms with Gasteiger partial charge in [-0.3, -0.25) is 13.9 Å². The average molecular weight is 322 g/mol. The van der Waals surface area contributed by atoms with E-state index in [2.05, 4.69) is 11.9 Å². The zero-order chi connectivity index (χ0) is 17.0. The zero-order valence-corrected chi connectivity index (χ0v) is 14.4. The molecule has 0 aliphatic carbocycles. The highest BCUT2D eigenvalue weighted by molar-refractivity contribution is 5.69. The minimum atomic E-state index is -0.307. The van der Waals surface area contributed by atoms with E-state index in [1.165, 1.54) is 9.13 Å². The van der Waals surface area contributed by atoms with Crippen LogP contribution in [0, 0.1) is 0 Å². The molecule has 0 aliphatic heterocycles. The molecule has 0 aliphatic rings. The Labute approximate surface area is 135 Å². The van der Waals surface area contributed by atoms with Crippen LogP contribution in [0.15, 0.2) is 15.9 Å². The molecule has 128 valence electrons. The lowest BCUT2D eigenvalue weighted by atomic mass is 10.1. The van der Waals surface area contributed by atoms with Gasteiger partial charge in [0, 0.05) is 27.2 Å². The van der Waals surface area contributed by atoms with Crippen LogP contribution in [0.2, 0.25) is 0 Å². The molecule has 7 heteroatoms. The van der Waals surface area contributed by atoms with Crippen LogP contribution in [0.1, 0.15) is 39.5 Å². The molecule has 2 aromatic heterocycles. The lowest BCUT2D eigenvalue weighted by Crippen LogP contribution is -2.39. The molecule has 0 bridgehead atoms. The van der Waals surface area contributed by atoms with Crippen molar-refractivity contribution >= 4 is 11.2 Å². The summed E-state index contributed by atoms with van der Waals surface area (Å²) < 4.78 is 10.0. The molecule has 1 unspecified atom stereocenters. The SMILES string of the molecule is CCOC(CC)CCCCn1c(=O)c2c(ncn2C)n(C)c1=O. The van der Waals surface area contributed by atoms with E-state index in [0.717, 1.165) is 32.3 Å². The first-order valence-electron chi connectivity index (χ1n) is 8.23. The summed E-state index contributed by atoms with van der Waals surface area (Å²) in [4.78, 5) is 29.0. The number of aromatic nitrogens is 4. The van der Waals surface area contributed by atoms with Gasteiger partial charge in [-0.25, -0.2) is 9.78 Å². The number of nitrogens with zero attached hydrogens (tertiary/aromatic N) is 4. The summed E-state index contributed by atoms with van der Waals surface area (Å²) in [5.41, 5.74) is 0.326. The monoisotopic (exact) mass is 322 g/mol. The van der Waals surface area contributed by atoms with Crippen molar-refractivity contribution in [3.63, 3.8) is 0 Å². The maximum Gasteiger partial charge on any atom is 0.332 e. The molecule has 0 spiro atoms. The van der Waals surface area contributed by atoms with Gasteiger partial charge in [0.25, 0.3) is 5.56 Å². The Morgan fingerprint density at radius 3 is 2.61 bits per heavy atom. The van der Waals surface area contributed by atoms with Crippen LogP contribution < -0.4 is 11.2 Å². The topological polar surface area (TPSA) is 71.1 Å². The van der Waals surface area contributed by atoms with E-state index in [-0.39, 0.29) is 17.4 Å². The Hall–Kier alpha value is -1.89. The van der Waals surface area contributed by atoms with Crippen molar-refractivity contribution in [1.29, 1.82) is 0 Å². The lowest BCUT2D eigenvalue weighted by Gasteiger charge is -2.14. The second-order valence-electron chi connectivity index (χ2n) is 5.81. The highest BCUT2D eigenvalue weighted by Crippen LogP contribution is 2.09. The van der Waals surface area contributed by atoms with Crippen molar-refractivity contribution in [2.24, 2.45) is 14.1 Å². The quantitative estimate of drug-likeness (QED) is 0.689. The van der Waals surface area contributed by atoms with Crippen molar-refractivity contribution in [2.45, 2.75) is 52.2 Å². The normalized spacial score (nSPS) is 12.9. The molecule has 0 fully saturated rings. The molecule has 0 saturated heterocycles. The van der Waals surface area contributed by atoms with Crippen molar-refractivity contribution in [3.8, 4) is 0 Å². The largest absolute Gasteiger partial charge is 0.379 e. The second-order valence-corrected chi connectivity index (χ2v) is 5.81. The number of rotatable bonds is 8. The molecule has 1 atom stereocenters. The summed E-state index contributed by atoms with van der Waals surface area (Å²) in [5, 5.41) is 0. The van der Waals surface area contributed by atoms with E-state index in [0.29, 0.717) is 17.7 Å². The standard InChI is InChI=1S/C16H26N4O3/c1-5-12(23-6-2)9-7-8-10-20-15(21)13-14(17-11-18(13)3)19(4)16(20)22/h11-12H,5-10H2,1-4H3. The van der Waals surface area contributed by atoms with E-state index < -0.39 is 0 Å². The Bertz CT molecular complexity index is 772. The molecule has 0 saturated carbocycles. The summed E-state index contributed by atoms with van der Waals surface area (Å²) in [7, 11) is 3.41. The Morgan fingerprint density at radius 1 is 1.22 bits per heavy atom. The molecule has 2 aromatic rings. The molecule has 7 nitrogen and oxygen atoms in total. The fraction of sp³-hybridized carbons (Fsp3) is 0.688. The highest BCUT2D eigenvalue weighted by atomic mass is 16.5. The van der Waals surface area contributed by atoms with Crippen LogP contribution in [0.25, 0.3) is 11.2 Å². The fourth-order valence-corrected chi connectivity index (χ4v) is 2.88. The number of unbranched alkanes of at least 4 members (excludes halogenated alkanes) is 1. The summed E-state index contributed by atoms with van der Waals surface area (Å²) in [5.74, 6) is 0. The van der Waals surface area contributed by atoms with Crippen LogP contribution in [-0.4, -0.2) is 31.4 Å². The minimum absolute atomic E-state index is 0.263. The first-order valence-corrected chi connectivity index (χ1v) is 8.23. The maximum absolute atomic E-state index is 12.5.